The molecule has 0 aliphatic heterocycles. The molecule has 0 aromatic rings. The van der Waals surface area contributed by atoms with Gasteiger partial charge in [0.1, 0.15) is 0 Å². The third-order valence-electron chi connectivity index (χ3n) is 0.278. The Hall–Kier alpha value is 0.440. The summed E-state index contributed by atoms with van der Waals surface area (Å²) in [6, 6.07) is 0. The molecule has 0 aliphatic carbocycles. The maximum atomic E-state index is 5.00. The molecule has 0 saturated carbocycles. The Morgan fingerprint density at radius 2 is 1.30 bits per heavy atom. The number of rotatable bonds is 0. The Kier molecular flexibility index (Phi) is 44.6. The van der Waals surface area contributed by atoms with E-state index >= 15 is 0 Å². The minimum Gasteiger partial charge on any atom is -0.107 e. The molecule has 10 heavy (non-hydrogen) atoms. The van der Waals surface area contributed by atoms with Crippen molar-refractivity contribution >= 4 is 40.1 Å². The van der Waals surface area contributed by atoms with E-state index in [1.165, 1.54) is 17.8 Å². The molecule has 0 rings (SSSR count). The summed E-state index contributed by atoms with van der Waals surface area (Å²) in [4.78, 5) is 0. The molecule has 0 unspecified atom stereocenters. The summed E-state index contributed by atoms with van der Waals surface area (Å²) in [5.74, 6) is 5.36. The fraction of sp³-hybridized carbons (Fsp3) is 0.667. The standard InChI is InChI=1S/C4H6.2CH4.S4.2H2/c1-3-4-2;;;1-3-4-2;;/h1-2H3;2*1H4;;2*1H/i;;;;2*1+1D. The summed E-state index contributed by atoms with van der Waals surface area (Å²) >= 11 is 8.66. The third-order valence-corrected chi connectivity index (χ3v) is 2.50. The van der Waals surface area contributed by atoms with Gasteiger partial charge in [-0.1, -0.05) is 14.9 Å². The summed E-state index contributed by atoms with van der Waals surface area (Å²) in [5, 5.41) is 0. The van der Waals surface area contributed by atoms with Crippen LogP contribution in [0, 0.1) is 11.8 Å². The van der Waals surface area contributed by atoms with Crippen LogP contribution in [0.3, 0.4) is 0 Å². The van der Waals surface area contributed by atoms with Crippen LogP contribution in [0.25, 0.3) is 0 Å². The molecular weight excluding hydrogens is 200 g/mol. The van der Waals surface area contributed by atoms with Crippen LogP contribution in [0.2, 0.25) is 0 Å². The van der Waals surface area contributed by atoms with Gasteiger partial charge in [0.25, 0.3) is 0 Å². The predicted octanol–water partition coefficient (Wildman–Crippen LogP) is 2.78. The van der Waals surface area contributed by atoms with Gasteiger partial charge in [-0.3, -0.25) is 0 Å². The SMILES string of the molecule is C.C.CC#CC.S=S=S=S.[2H][2H].[2H][2H]. The van der Waals surface area contributed by atoms with E-state index in [-0.39, 0.29) is 14.9 Å². The van der Waals surface area contributed by atoms with E-state index in [2.05, 4.69) is 34.2 Å². The first-order chi connectivity index (χ1) is 5.83. The van der Waals surface area contributed by atoms with Crippen molar-refractivity contribution in [3.05, 3.63) is 0 Å². The quantitative estimate of drug-likeness (QED) is 0.578. The van der Waals surface area contributed by atoms with Gasteiger partial charge in [-0.05, 0) is 13.8 Å². The highest BCUT2D eigenvalue weighted by atomic mass is 33.2. The van der Waals surface area contributed by atoms with E-state index < -0.39 is 0 Å². The van der Waals surface area contributed by atoms with Gasteiger partial charge < -0.3 is 0 Å². The molecule has 0 saturated heterocycles. The van der Waals surface area contributed by atoms with Crippen LogP contribution in [0.15, 0.2) is 0 Å². The van der Waals surface area contributed by atoms with Crippen LogP contribution in [-0.4, -0.2) is 0 Å². The molecule has 0 N–H and O–H groups in total. The molecule has 0 amide bonds. The maximum Gasteiger partial charge on any atom is 0 e. The van der Waals surface area contributed by atoms with Crippen molar-refractivity contribution < 1.29 is 5.94 Å². The molecule has 0 nitrogen and oxygen atoms in total. The molecule has 4 heteroatoms. The van der Waals surface area contributed by atoms with Crippen LogP contribution in [0.1, 0.15) is 34.6 Å². The minimum absolute atomic E-state index is 0. The van der Waals surface area contributed by atoms with Gasteiger partial charge in [-0.2, -0.15) is 0 Å². The highest BCUT2D eigenvalue weighted by Crippen LogP contribution is 1.39. The van der Waals surface area contributed by atoms with Crippen molar-refractivity contribution in [2.24, 2.45) is 0 Å². The Balaban J connectivity index is -0.0000000153. The molecule has 0 aromatic heterocycles. The first-order valence-corrected chi connectivity index (χ1v) is 5.75. The van der Waals surface area contributed by atoms with Crippen molar-refractivity contribution in [3.8, 4) is 11.8 Å². The first-order valence-electron chi connectivity index (χ1n) is 3.75. The summed E-state index contributed by atoms with van der Waals surface area (Å²) in [6.45, 7) is 3.64. The van der Waals surface area contributed by atoms with Crippen molar-refractivity contribution in [1.82, 2.24) is 0 Å². The monoisotopic (exact) mass is 222 g/mol. The van der Waals surface area contributed by atoms with E-state index in [4.69, 9.17) is 5.94 Å². The zero-order valence-corrected chi connectivity index (χ0v) is 7.90. The Labute approximate surface area is 86.7 Å². The average molecular weight is 223 g/mol. The van der Waals surface area contributed by atoms with Crippen molar-refractivity contribution in [1.29, 1.82) is 0 Å². The van der Waals surface area contributed by atoms with Gasteiger partial charge >= 0.3 is 0 Å². The van der Waals surface area contributed by atoms with Crippen LogP contribution in [0.4, 0.5) is 0 Å². The smallest absolute Gasteiger partial charge is 0 e. The lowest BCUT2D eigenvalue weighted by molar-refractivity contribution is 1.83. The summed E-state index contributed by atoms with van der Waals surface area (Å²) in [6.07, 6.45) is 0. The van der Waals surface area contributed by atoms with Crippen molar-refractivity contribution in [2.45, 2.75) is 28.7 Å². The zero-order chi connectivity index (χ0) is 10.8. The molecule has 0 heterocycles. The van der Waals surface area contributed by atoms with E-state index in [1.54, 1.807) is 0 Å². The van der Waals surface area contributed by atoms with Gasteiger partial charge in [0, 0.05) is 46.1 Å². The second-order valence-corrected chi connectivity index (χ2v) is 4.17. The highest BCUT2D eigenvalue weighted by molar-refractivity contribution is 8.51. The third kappa shape index (κ3) is 78.5. The second-order valence-electron chi connectivity index (χ2n) is 0.636. The summed E-state index contributed by atoms with van der Waals surface area (Å²) in [7, 11) is 2.34. The lowest BCUT2D eigenvalue weighted by Crippen LogP contribution is -1.28. The number of hydrogen-bond donors (Lipinski definition) is 0. The summed E-state index contributed by atoms with van der Waals surface area (Å²) < 4.78 is 20.0. The Morgan fingerprint density at radius 1 is 1.10 bits per heavy atom. The fourth-order valence-corrected chi connectivity index (χ4v) is 0. The highest BCUT2D eigenvalue weighted by Gasteiger charge is 1.26. The van der Waals surface area contributed by atoms with Gasteiger partial charge in [-0.15, -0.1) is 11.8 Å². The molecule has 0 radical (unpaired) electrons. The van der Waals surface area contributed by atoms with E-state index in [9.17, 15) is 0 Å². The first kappa shape index (κ1) is 13.1. The zero-order valence-electron chi connectivity index (χ0n) is 8.63. The maximum absolute atomic E-state index is 5.00. The fourth-order valence-electron chi connectivity index (χ4n) is 0. The summed E-state index contributed by atoms with van der Waals surface area (Å²) in [5.41, 5.74) is 0. The predicted molar refractivity (Wildman–Crippen MR) is 66.3 cm³/mol. The second kappa shape index (κ2) is 34.1. The molecular formula is C6H18S4. The lowest BCUT2D eigenvalue weighted by atomic mass is 10.7. The Morgan fingerprint density at radius 3 is 1.30 bits per heavy atom. The van der Waals surface area contributed by atoms with Crippen molar-refractivity contribution in [2.75, 3.05) is 0 Å². The van der Waals surface area contributed by atoms with E-state index in [0.717, 1.165) is 0 Å². The van der Waals surface area contributed by atoms with Gasteiger partial charge in [-0.25, -0.2) is 0 Å². The van der Waals surface area contributed by atoms with Gasteiger partial charge in [0.2, 0.25) is 0 Å². The molecule has 0 atom stereocenters. The van der Waals surface area contributed by atoms with Gasteiger partial charge in [0.05, 0.1) is 0 Å². The van der Waals surface area contributed by atoms with Crippen molar-refractivity contribution in [3.63, 3.8) is 0 Å². The van der Waals surface area contributed by atoms with Crippen LogP contribution in [0.5, 0.6) is 0 Å². The molecule has 0 aliphatic rings. The largest absolute Gasteiger partial charge is 0.107 e. The van der Waals surface area contributed by atoms with Gasteiger partial charge in [0.15, 0.2) is 0 Å². The molecule has 0 spiro atoms. The average Bonchev–Trinajstić information content (AvgIpc) is 2.23. The van der Waals surface area contributed by atoms with E-state index in [0.29, 0.717) is 0 Å². The number of hydrogen-bond acceptors (Lipinski definition) is 2. The van der Waals surface area contributed by atoms with Crippen LogP contribution < -0.4 is 0 Å². The molecule has 0 fully saturated rings. The lowest BCUT2D eigenvalue weighted by Gasteiger charge is -1.40. The minimum atomic E-state index is 0. The van der Waals surface area contributed by atoms with Crippen LogP contribution in [-0.2, 0) is 40.1 Å². The topological polar surface area (TPSA) is 0 Å². The van der Waals surface area contributed by atoms with Crippen LogP contribution >= 0.6 is 0 Å². The Bertz CT molecular complexity index is 148. The molecule has 0 bridgehead atoms. The normalized spacial score (nSPS) is 5.00. The van der Waals surface area contributed by atoms with E-state index in [1.807, 2.05) is 13.8 Å². The molecule has 0 aromatic carbocycles. The molecule has 66 valence electrons.